The Morgan fingerprint density at radius 2 is 2.07 bits per heavy atom. The van der Waals surface area contributed by atoms with Gasteiger partial charge in [0, 0.05) is 10.8 Å². The summed E-state index contributed by atoms with van der Waals surface area (Å²) in [6.45, 7) is 3.93. The number of anilines is 1. The molecule has 3 N–H and O–H groups in total. The molecule has 0 bridgehead atoms. The minimum atomic E-state index is -4.79. The summed E-state index contributed by atoms with van der Waals surface area (Å²) in [4.78, 5) is 30.7. The van der Waals surface area contributed by atoms with Crippen molar-refractivity contribution >= 4 is 29.1 Å². The Hall–Kier alpha value is -3.15. The first kappa shape index (κ1) is 21.6. The molecular weight excluding hydrogens is 423 g/mol. The lowest BCUT2D eigenvalue weighted by Gasteiger charge is -2.15. The van der Waals surface area contributed by atoms with Gasteiger partial charge in [0.15, 0.2) is 10.7 Å². The number of aromatic nitrogens is 2. The highest BCUT2D eigenvalue weighted by atomic mass is 32.2. The number of nitrogens with one attached hydrogen (secondary N) is 2. The molecule has 1 amide bonds. The first-order chi connectivity index (χ1) is 14.1. The van der Waals surface area contributed by atoms with Crippen LogP contribution in [0.25, 0.3) is 5.70 Å². The maximum Gasteiger partial charge on any atom is 0.418 e. The summed E-state index contributed by atoms with van der Waals surface area (Å²) < 4.78 is 40.6. The van der Waals surface area contributed by atoms with E-state index in [2.05, 4.69) is 20.2 Å². The summed E-state index contributed by atoms with van der Waals surface area (Å²) in [7, 11) is 0. The number of azo groups is 1. The molecule has 0 spiro atoms. The van der Waals surface area contributed by atoms with Crippen LogP contribution in [-0.2, 0) is 6.18 Å². The number of benzene rings is 1. The van der Waals surface area contributed by atoms with Crippen LogP contribution in [0.15, 0.2) is 44.5 Å². The van der Waals surface area contributed by atoms with Gasteiger partial charge in [-0.1, -0.05) is 31.7 Å². The Morgan fingerprint density at radius 1 is 1.33 bits per heavy atom. The summed E-state index contributed by atoms with van der Waals surface area (Å²) in [5, 5.41) is 19.6. The number of halogens is 3. The fourth-order valence-electron chi connectivity index (χ4n) is 2.62. The Balaban J connectivity index is 1.95. The number of aromatic amines is 1. The van der Waals surface area contributed by atoms with Gasteiger partial charge in [0.25, 0.3) is 11.5 Å². The molecule has 1 aliphatic rings. The Labute approximate surface area is 172 Å². The monoisotopic (exact) mass is 439 g/mol. The highest BCUT2D eigenvalue weighted by molar-refractivity contribution is 7.99. The second kappa shape index (κ2) is 8.30. The van der Waals surface area contributed by atoms with Gasteiger partial charge in [-0.05, 0) is 18.2 Å². The Bertz CT molecular complexity index is 1110. The number of H-pyrrole nitrogens is 1. The van der Waals surface area contributed by atoms with E-state index >= 15 is 0 Å². The van der Waals surface area contributed by atoms with Crippen LogP contribution >= 0.6 is 11.8 Å². The summed E-state index contributed by atoms with van der Waals surface area (Å²) in [6, 6.07) is 3.22. The Morgan fingerprint density at radius 3 is 2.63 bits per heavy atom. The zero-order valence-corrected chi connectivity index (χ0v) is 16.6. The maximum absolute atomic E-state index is 13.5. The van der Waals surface area contributed by atoms with Crippen molar-refractivity contribution in [3.05, 3.63) is 51.3 Å². The lowest BCUT2D eigenvalue weighted by molar-refractivity contribution is -0.136. The molecular formula is C18H16F3N5O3S. The topological polar surface area (TPSA) is 120 Å². The van der Waals surface area contributed by atoms with Crippen molar-refractivity contribution in [1.82, 2.24) is 9.97 Å². The molecule has 12 heteroatoms. The third-order valence-electron chi connectivity index (χ3n) is 3.87. The lowest BCUT2D eigenvalue weighted by Crippen LogP contribution is -2.25. The SMILES string of the molecule is CC(C)Sc1nc(O)c(C(=O)Nc2ccc(C3=CCN=N3)cc2C(F)(F)F)c(=O)[nH]1. The molecule has 158 valence electrons. The number of hydrogen-bond acceptors (Lipinski definition) is 7. The van der Waals surface area contributed by atoms with Crippen LogP contribution in [0.1, 0.15) is 35.3 Å². The number of alkyl halides is 3. The molecule has 8 nitrogen and oxygen atoms in total. The van der Waals surface area contributed by atoms with Gasteiger partial charge < -0.3 is 15.4 Å². The van der Waals surface area contributed by atoms with Crippen LogP contribution < -0.4 is 10.9 Å². The summed E-state index contributed by atoms with van der Waals surface area (Å²) >= 11 is 1.14. The zero-order valence-electron chi connectivity index (χ0n) is 15.7. The van der Waals surface area contributed by atoms with Crippen molar-refractivity contribution < 1.29 is 23.1 Å². The van der Waals surface area contributed by atoms with E-state index in [1.54, 1.807) is 6.08 Å². The van der Waals surface area contributed by atoms with Crippen LogP contribution in [0, 0.1) is 0 Å². The molecule has 1 aromatic carbocycles. The van der Waals surface area contributed by atoms with Crippen LogP contribution in [0.4, 0.5) is 18.9 Å². The highest BCUT2D eigenvalue weighted by Crippen LogP contribution is 2.37. The number of nitrogens with zero attached hydrogens (tertiary/aromatic N) is 3. The molecule has 0 aliphatic carbocycles. The number of carbonyl (C=O) groups is 1. The first-order valence-corrected chi connectivity index (χ1v) is 9.54. The third kappa shape index (κ3) is 4.70. The number of amides is 1. The maximum atomic E-state index is 13.5. The van der Waals surface area contributed by atoms with Gasteiger partial charge in [0.05, 0.1) is 23.5 Å². The van der Waals surface area contributed by atoms with E-state index in [4.69, 9.17) is 0 Å². The standard InChI is InChI=1S/C18H16F3N5O3S/c1-8(2)30-17-24-15(28)13(16(29)25-17)14(27)23-12-4-3-9(11-5-6-22-26-11)7-10(12)18(19,20)21/h3-5,7-8H,6H2,1-2H3,(H,23,27)(H2,24,25,28,29). The molecule has 0 unspecified atom stereocenters. The lowest BCUT2D eigenvalue weighted by atomic mass is 10.1. The number of hydrogen-bond donors (Lipinski definition) is 3. The molecule has 0 radical (unpaired) electrons. The molecule has 0 saturated carbocycles. The average molecular weight is 439 g/mol. The predicted octanol–water partition coefficient (Wildman–Crippen LogP) is 4.05. The van der Waals surface area contributed by atoms with E-state index in [-0.39, 0.29) is 28.2 Å². The van der Waals surface area contributed by atoms with Crippen LogP contribution in [-0.4, -0.2) is 32.8 Å². The van der Waals surface area contributed by atoms with Gasteiger partial charge in [0.1, 0.15) is 0 Å². The highest BCUT2D eigenvalue weighted by Gasteiger charge is 2.35. The average Bonchev–Trinajstić information content (AvgIpc) is 3.14. The van der Waals surface area contributed by atoms with E-state index in [0.717, 1.165) is 23.9 Å². The molecule has 3 rings (SSSR count). The number of rotatable bonds is 5. The van der Waals surface area contributed by atoms with Gasteiger partial charge in [-0.2, -0.15) is 28.4 Å². The molecule has 1 aromatic heterocycles. The van der Waals surface area contributed by atoms with Crippen molar-refractivity contribution in [2.75, 3.05) is 11.9 Å². The van der Waals surface area contributed by atoms with Gasteiger partial charge in [-0.15, -0.1) is 0 Å². The Kier molecular flexibility index (Phi) is 5.97. The van der Waals surface area contributed by atoms with Gasteiger partial charge >= 0.3 is 6.18 Å². The first-order valence-electron chi connectivity index (χ1n) is 8.67. The molecule has 0 saturated heterocycles. The molecule has 2 aromatic rings. The number of carbonyl (C=O) groups excluding carboxylic acids is 1. The second-order valence-electron chi connectivity index (χ2n) is 6.46. The van der Waals surface area contributed by atoms with Crippen molar-refractivity contribution in [2.45, 2.75) is 30.4 Å². The normalized spacial score (nSPS) is 13.6. The fourth-order valence-corrected chi connectivity index (χ4v) is 3.35. The second-order valence-corrected chi connectivity index (χ2v) is 8.03. The van der Waals surface area contributed by atoms with E-state index in [1.807, 2.05) is 19.2 Å². The van der Waals surface area contributed by atoms with Crippen molar-refractivity contribution in [2.24, 2.45) is 10.2 Å². The molecule has 0 fully saturated rings. The van der Waals surface area contributed by atoms with Crippen LogP contribution in [0.2, 0.25) is 0 Å². The van der Waals surface area contributed by atoms with Crippen molar-refractivity contribution in [3.8, 4) is 5.88 Å². The largest absolute Gasteiger partial charge is 0.493 e. The quantitative estimate of drug-likeness (QED) is 0.480. The third-order valence-corrected chi connectivity index (χ3v) is 4.75. The number of thioether (sulfide) groups is 1. The van der Waals surface area contributed by atoms with Crippen molar-refractivity contribution in [1.29, 1.82) is 0 Å². The molecule has 0 atom stereocenters. The van der Waals surface area contributed by atoms with E-state index < -0.39 is 40.3 Å². The fraction of sp³-hybridized carbons (Fsp3) is 0.278. The minimum Gasteiger partial charge on any atom is -0.493 e. The van der Waals surface area contributed by atoms with Crippen molar-refractivity contribution in [3.63, 3.8) is 0 Å². The zero-order chi connectivity index (χ0) is 22.1. The minimum absolute atomic E-state index is 0.0367. The van der Waals surface area contributed by atoms with E-state index in [1.165, 1.54) is 6.07 Å². The van der Waals surface area contributed by atoms with Gasteiger partial charge in [-0.3, -0.25) is 9.59 Å². The summed E-state index contributed by atoms with van der Waals surface area (Å²) in [6.07, 6.45) is -3.23. The van der Waals surface area contributed by atoms with Gasteiger partial charge in [-0.25, -0.2) is 0 Å². The molecule has 1 aliphatic heterocycles. The predicted molar refractivity (Wildman–Crippen MR) is 105 cm³/mol. The van der Waals surface area contributed by atoms with E-state index in [9.17, 15) is 27.9 Å². The van der Waals surface area contributed by atoms with Crippen LogP contribution in [0.3, 0.4) is 0 Å². The van der Waals surface area contributed by atoms with Gasteiger partial charge in [0.2, 0.25) is 5.88 Å². The van der Waals surface area contributed by atoms with E-state index in [0.29, 0.717) is 0 Å². The molecule has 30 heavy (non-hydrogen) atoms. The summed E-state index contributed by atoms with van der Waals surface area (Å²) in [5.74, 6) is -2.10. The smallest absolute Gasteiger partial charge is 0.418 e. The van der Waals surface area contributed by atoms with Crippen LogP contribution in [0.5, 0.6) is 5.88 Å². The molecule has 2 heterocycles. The number of aromatic hydroxyl groups is 1. The summed E-state index contributed by atoms with van der Waals surface area (Å²) in [5.41, 5.74) is -3.00.